The van der Waals surface area contributed by atoms with Crippen molar-refractivity contribution in [2.45, 2.75) is 19.8 Å². The second kappa shape index (κ2) is 12.3. The smallest absolute Gasteiger partial charge is 0.160 e. The van der Waals surface area contributed by atoms with Crippen LogP contribution >= 0.6 is 11.3 Å². The molecule has 8 aromatic carbocycles. The van der Waals surface area contributed by atoms with Gasteiger partial charge in [0.15, 0.2) is 5.82 Å². The van der Waals surface area contributed by atoms with Gasteiger partial charge >= 0.3 is 0 Å². The third kappa shape index (κ3) is 4.78. The quantitative estimate of drug-likeness (QED) is 0.176. The highest BCUT2D eigenvalue weighted by Crippen LogP contribution is 2.48. The van der Waals surface area contributed by atoms with E-state index >= 15 is 0 Å². The summed E-state index contributed by atoms with van der Waals surface area (Å²) in [6, 6.07) is 61.9. The van der Waals surface area contributed by atoms with Gasteiger partial charge < -0.3 is 4.40 Å². The molecule has 1 atom stereocenters. The van der Waals surface area contributed by atoms with Gasteiger partial charge in [-0.1, -0.05) is 140 Å². The van der Waals surface area contributed by atoms with E-state index in [-0.39, 0.29) is 5.92 Å². The minimum atomic E-state index is 0.118. The normalized spacial score (nSPS) is 12.7. The third-order valence-corrected chi connectivity index (χ3v) is 13.3. The lowest BCUT2D eigenvalue weighted by Crippen LogP contribution is -2.01. The molecule has 0 amide bonds. The second-order valence-electron chi connectivity index (χ2n) is 15.4. The number of benzene rings is 8. The fourth-order valence-corrected chi connectivity index (χ4v) is 10.6. The average molecular weight is 746 g/mol. The van der Waals surface area contributed by atoms with E-state index in [1.54, 1.807) is 11.3 Å². The molecule has 0 saturated heterocycles. The molecule has 0 spiro atoms. The average Bonchev–Trinajstić information content (AvgIpc) is 3.92. The molecule has 4 aromatic heterocycles. The molecule has 12 rings (SSSR count). The molecule has 3 nitrogen and oxygen atoms in total. The standard InChI is InChI=1S/C53H35N3S/c1-31-28-43-38-18-8-11-21-44(38)56-45-22-12-9-19-39(45)48(51(43)56)47(31)42-30-37-17-7-6-16-36(37)29-41(42)32(2)33-24-26-35(27-25-33)53-54-49(34-14-4-3-5-15-34)52-50(55-53)40-20-10-13-23-46(40)57-52/h3-30,32H,1-2H3/t32-/m0/s1. The number of aromatic nitrogens is 3. The Morgan fingerprint density at radius 3 is 2.00 bits per heavy atom. The first-order valence-electron chi connectivity index (χ1n) is 19.7. The molecule has 0 aliphatic carbocycles. The van der Waals surface area contributed by atoms with E-state index in [9.17, 15) is 0 Å². The predicted molar refractivity (Wildman–Crippen MR) is 242 cm³/mol. The number of thiophene rings is 1. The van der Waals surface area contributed by atoms with Crippen LogP contribution in [0.5, 0.6) is 0 Å². The van der Waals surface area contributed by atoms with E-state index in [1.807, 2.05) is 0 Å². The van der Waals surface area contributed by atoms with Gasteiger partial charge in [-0.25, -0.2) is 9.97 Å². The number of aryl methyl sites for hydroxylation is 1. The van der Waals surface area contributed by atoms with Gasteiger partial charge in [-0.05, 0) is 81.9 Å². The zero-order valence-corrected chi connectivity index (χ0v) is 32.3. The van der Waals surface area contributed by atoms with E-state index in [1.165, 1.54) is 86.8 Å². The molecular formula is C53H35N3S. The van der Waals surface area contributed by atoms with Gasteiger partial charge in [0.25, 0.3) is 0 Å². The minimum absolute atomic E-state index is 0.118. The highest BCUT2D eigenvalue weighted by Gasteiger charge is 2.25. The highest BCUT2D eigenvalue weighted by molar-refractivity contribution is 7.26. The first-order valence-corrected chi connectivity index (χ1v) is 20.5. The molecule has 4 heterocycles. The molecule has 0 fully saturated rings. The molecule has 0 unspecified atom stereocenters. The molecule has 0 aliphatic rings. The Morgan fingerprint density at radius 2 is 1.21 bits per heavy atom. The zero-order chi connectivity index (χ0) is 37.8. The predicted octanol–water partition coefficient (Wildman–Crippen LogP) is 14.6. The van der Waals surface area contributed by atoms with Crippen molar-refractivity contribution in [1.29, 1.82) is 0 Å². The molecule has 4 heteroatoms. The van der Waals surface area contributed by atoms with Gasteiger partial charge in [0, 0.05) is 48.7 Å². The van der Waals surface area contributed by atoms with Crippen molar-refractivity contribution in [1.82, 2.24) is 14.4 Å². The molecule has 57 heavy (non-hydrogen) atoms. The number of fused-ring (bicyclic) bond motifs is 10. The molecule has 0 radical (unpaired) electrons. The number of nitrogens with zero attached hydrogens (tertiary/aromatic N) is 3. The van der Waals surface area contributed by atoms with E-state index in [4.69, 9.17) is 9.97 Å². The van der Waals surface area contributed by atoms with Crippen LogP contribution in [0.15, 0.2) is 170 Å². The SMILES string of the molecule is Cc1cc2c3ccccc3n3c4ccccc4c(c1-c1cc4ccccc4cc1[C@@H](C)c1ccc(-c4nc(-c5ccccc5)c5sc6ccccc6c5n4)cc1)c23. The lowest BCUT2D eigenvalue weighted by atomic mass is 9.82. The van der Waals surface area contributed by atoms with Gasteiger partial charge in [-0.3, -0.25) is 0 Å². The fraction of sp³-hybridized carbons (Fsp3) is 0.0566. The Labute approximate surface area is 333 Å². The number of para-hydroxylation sites is 2. The summed E-state index contributed by atoms with van der Waals surface area (Å²) in [4.78, 5) is 10.5. The second-order valence-corrected chi connectivity index (χ2v) is 16.4. The van der Waals surface area contributed by atoms with Gasteiger partial charge in [0.1, 0.15) is 0 Å². The first kappa shape index (κ1) is 32.4. The van der Waals surface area contributed by atoms with Crippen LogP contribution in [0.4, 0.5) is 0 Å². The monoisotopic (exact) mass is 745 g/mol. The third-order valence-electron chi connectivity index (χ3n) is 12.2. The van der Waals surface area contributed by atoms with Gasteiger partial charge in [-0.15, -0.1) is 11.3 Å². The van der Waals surface area contributed by atoms with Crippen molar-refractivity contribution in [3.8, 4) is 33.8 Å². The van der Waals surface area contributed by atoms with Crippen LogP contribution in [0.3, 0.4) is 0 Å². The number of hydrogen-bond acceptors (Lipinski definition) is 3. The molecule has 0 aliphatic heterocycles. The van der Waals surface area contributed by atoms with Gasteiger partial charge in [0.05, 0.1) is 32.5 Å². The lowest BCUT2D eigenvalue weighted by molar-refractivity contribution is 0.927. The molecule has 0 N–H and O–H groups in total. The molecule has 0 saturated carbocycles. The maximum atomic E-state index is 5.25. The Hall–Kier alpha value is -6.88. The number of rotatable bonds is 5. The Kier molecular flexibility index (Phi) is 6.99. The van der Waals surface area contributed by atoms with Crippen LogP contribution in [-0.2, 0) is 0 Å². The van der Waals surface area contributed by atoms with E-state index in [2.05, 4.69) is 188 Å². The summed E-state index contributed by atoms with van der Waals surface area (Å²) in [6.07, 6.45) is 0. The maximum Gasteiger partial charge on any atom is 0.160 e. The van der Waals surface area contributed by atoms with Gasteiger partial charge in [0.2, 0.25) is 0 Å². The van der Waals surface area contributed by atoms with Crippen LogP contribution in [0.1, 0.15) is 29.5 Å². The van der Waals surface area contributed by atoms with Crippen molar-refractivity contribution in [3.05, 3.63) is 187 Å². The topological polar surface area (TPSA) is 30.2 Å². The molecule has 12 aromatic rings. The Morgan fingerprint density at radius 1 is 0.561 bits per heavy atom. The van der Waals surface area contributed by atoms with Crippen LogP contribution in [0, 0.1) is 6.92 Å². The number of hydrogen-bond donors (Lipinski definition) is 0. The summed E-state index contributed by atoms with van der Waals surface area (Å²) in [5.41, 5.74) is 14.4. The Balaban J connectivity index is 1.04. The van der Waals surface area contributed by atoms with Crippen molar-refractivity contribution in [2.24, 2.45) is 0 Å². The maximum absolute atomic E-state index is 5.25. The summed E-state index contributed by atoms with van der Waals surface area (Å²) in [5.74, 6) is 0.865. The minimum Gasteiger partial charge on any atom is -0.308 e. The summed E-state index contributed by atoms with van der Waals surface area (Å²) >= 11 is 1.77. The van der Waals surface area contributed by atoms with Gasteiger partial charge in [-0.2, -0.15) is 0 Å². The highest BCUT2D eigenvalue weighted by atomic mass is 32.1. The molecule has 268 valence electrons. The van der Waals surface area contributed by atoms with Crippen LogP contribution in [0.25, 0.3) is 103 Å². The van der Waals surface area contributed by atoms with Crippen molar-refractivity contribution in [3.63, 3.8) is 0 Å². The summed E-state index contributed by atoms with van der Waals surface area (Å²) in [6.45, 7) is 4.66. The van der Waals surface area contributed by atoms with Crippen LogP contribution in [0.2, 0.25) is 0 Å². The van der Waals surface area contributed by atoms with Crippen LogP contribution in [-0.4, -0.2) is 14.4 Å². The van der Waals surface area contributed by atoms with Crippen molar-refractivity contribution >= 4 is 80.5 Å². The van der Waals surface area contributed by atoms with E-state index in [0.717, 1.165) is 32.9 Å². The summed E-state index contributed by atoms with van der Waals surface area (Å²) < 4.78 is 4.84. The summed E-state index contributed by atoms with van der Waals surface area (Å²) in [5, 5.41) is 8.92. The first-order chi connectivity index (χ1) is 28.1. The Bertz CT molecular complexity index is 3540. The van der Waals surface area contributed by atoms with Crippen molar-refractivity contribution in [2.75, 3.05) is 0 Å². The fourth-order valence-electron chi connectivity index (χ4n) is 9.45. The zero-order valence-electron chi connectivity index (χ0n) is 31.5. The van der Waals surface area contributed by atoms with E-state index < -0.39 is 0 Å². The largest absolute Gasteiger partial charge is 0.308 e. The van der Waals surface area contributed by atoms with Crippen molar-refractivity contribution < 1.29 is 0 Å². The summed E-state index contributed by atoms with van der Waals surface area (Å²) in [7, 11) is 0. The van der Waals surface area contributed by atoms with Crippen LogP contribution < -0.4 is 0 Å². The van der Waals surface area contributed by atoms with E-state index in [0.29, 0.717) is 0 Å². The lowest BCUT2D eigenvalue weighted by Gasteiger charge is -2.21. The molecular weight excluding hydrogens is 711 g/mol. The molecule has 0 bridgehead atoms.